The molecule has 5 heteroatoms. The summed E-state index contributed by atoms with van der Waals surface area (Å²) in [6.07, 6.45) is 4.58. The number of aromatic amines is 1. The van der Waals surface area contributed by atoms with E-state index in [2.05, 4.69) is 27.1 Å². The summed E-state index contributed by atoms with van der Waals surface area (Å²) in [5.41, 5.74) is 10.5. The number of para-hydroxylation sites is 1. The van der Waals surface area contributed by atoms with Crippen molar-refractivity contribution in [1.29, 1.82) is 0 Å². The van der Waals surface area contributed by atoms with Crippen molar-refractivity contribution in [3.8, 4) is 11.4 Å². The minimum Gasteiger partial charge on any atom is -0.361 e. The summed E-state index contributed by atoms with van der Waals surface area (Å²) in [6, 6.07) is 14.0. The van der Waals surface area contributed by atoms with Crippen LogP contribution in [0, 0.1) is 0 Å². The molecule has 0 saturated heterocycles. The lowest BCUT2D eigenvalue weighted by atomic mass is 10.1. The first-order valence-corrected chi connectivity index (χ1v) is 8.36. The Balaban J connectivity index is 1.58. The van der Waals surface area contributed by atoms with Gasteiger partial charge in [-0.25, -0.2) is 4.98 Å². The number of hydrogen-bond acceptors (Lipinski definition) is 4. The Labute approximate surface area is 138 Å². The molecule has 23 heavy (non-hydrogen) atoms. The molecule has 0 saturated carbocycles. The van der Waals surface area contributed by atoms with Crippen molar-refractivity contribution in [3.05, 3.63) is 70.8 Å². The summed E-state index contributed by atoms with van der Waals surface area (Å²) in [4.78, 5) is 12.3. The van der Waals surface area contributed by atoms with Gasteiger partial charge in [0.05, 0.1) is 17.4 Å². The Morgan fingerprint density at radius 1 is 1.09 bits per heavy atom. The summed E-state index contributed by atoms with van der Waals surface area (Å²) >= 11 is 1.59. The highest BCUT2D eigenvalue weighted by atomic mass is 32.1. The van der Waals surface area contributed by atoms with E-state index in [0.29, 0.717) is 0 Å². The van der Waals surface area contributed by atoms with Crippen LogP contribution >= 0.6 is 11.3 Å². The fraction of sp³-hybridized carbons (Fsp3) is 0.111. The van der Waals surface area contributed by atoms with Gasteiger partial charge >= 0.3 is 0 Å². The first-order valence-electron chi connectivity index (χ1n) is 7.48. The first-order chi connectivity index (χ1) is 11.3. The van der Waals surface area contributed by atoms with Crippen LogP contribution < -0.4 is 5.73 Å². The maximum Gasteiger partial charge on any atom is 0.110 e. The monoisotopic (exact) mass is 320 g/mol. The molecular formula is C18H16N4S. The SMILES string of the molecule is N[C@H](Cc1c[nH]c2ccccc12)c1nc(-c2ccccn2)cs1. The molecule has 0 aliphatic carbocycles. The predicted octanol–water partition coefficient (Wildman–Crippen LogP) is 3.93. The van der Waals surface area contributed by atoms with Crippen molar-refractivity contribution < 1.29 is 0 Å². The van der Waals surface area contributed by atoms with E-state index in [1.54, 1.807) is 17.5 Å². The zero-order chi connectivity index (χ0) is 15.6. The maximum atomic E-state index is 6.38. The molecule has 4 rings (SSSR count). The lowest BCUT2D eigenvalue weighted by Crippen LogP contribution is -2.12. The number of H-pyrrole nitrogens is 1. The van der Waals surface area contributed by atoms with Crippen LogP contribution in [-0.4, -0.2) is 15.0 Å². The van der Waals surface area contributed by atoms with Crippen LogP contribution in [0.25, 0.3) is 22.3 Å². The van der Waals surface area contributed by atoms with E-state index in [9.17, 15) is 0 Å². The van der Waals surface area contributed by atoms with Gasteiger partial charge in [0.2, 0.25) is 0 Å². The number of fused-ring (bicyclic) bond motifs is 1. The minimum atomic E-state index is -0.114. The zero-order valence-electron chi connectivity index (χ0n) is 12.4. The summed E-state index contributed by atoms with van der Waals surface area (Å²) in [5, 5.41) is 4.19. The van der Waals surface area contributed by atoms with E-state index >= 15 is 0 Å². The third kappa shape index (κ3) is 2.76. The van der Waals surface area contributed by atoms with Gasteiger partial charge in [0.25, 0.3) is 0 Å². The van der Waals surface area contributed by atoms with E-state index in [1.165, 1.54) is 10.9 Å². The molecule has 4 aromatic rings. The summed E-state index contributed by atoms with van der Waals surface area (Å²) in [5.74, 6) is 0. The molecular weight excluding hydrogens is 304 g/mol. The highest BCUT2D eigenvalue weighted by Gasteiger charge is 2.15. The van der Waals surface area contributed by atoms with E-state index in [0.717, 1.165) is 28.3 Å². The number of rotatable bonds is 4. The van der Waals surface area contributed by atoms with Crippen LogP contribution in [0.3, 0.4) is 0 Å². The third-order valence-electron chi connectivity index (χ3n) is 3.88. The topological polar surface area (TPSA) is 67.6 Å². The average molecular weight is 320 g/mol. The molecule has 0 unspecified atom stereocenters. The van der Waals surface area contributed by atoms with Gasteiger partial charge in [-0.1, -0.05) is 24.3 Å². The molecule has 3 N–H and O–H groups in total. The molecule has 0 amide bonds. The zero-order valence-corrected chi connectivity index (χ0v) is 13.3. The Kier molecular flexibility index (Phi) is 3.65. The molecule has 114 valence electrons. The van der Waals surface area contributed by atoms with Gasteiger partial charge in [-0.05, 0) is 30.2 Å². The molecule has 0 bridgehead atoms. The van der Waals surface area contributed by atoms with Gasteiger partial charge in [0.15, 0.2) is 0 Å². The van der Waals surface area contributed by atoms with Gasteiger partial charge in [0, 0.05) is 28.7 Å². The quantitative estimate of drug-likeness (QED) is 0.598. The number of nitrogens with zero attached hydrogens (tertiary/aromatic N) is 2. The molecule has 0 radical (unpaired) electrons. The molecule has 0 aliphatic heterocycles. The van der Waals surface area contributed by atoms with Crippen molar-refractivity contribution in [2.24, 2.45) is 5.73 Å². The second-order valence-corrected chi connectivity index (χ2v) is 6.35. The fourth-order valence-electron chi connectivity index (χ4n) is 2.71. The van der Waals surface area contributed by atoms with Crippen molar-refractivity contribution >= 4 is 22.2 Å². The number of nitrogens with one attached hydrogen (secondary N) is 1. The van der Waals surface area contributed by atoms with Gasteiger partial charge in [-0.15, -0.1) is 11.3 Å². The number of hydrogen-bond donors (Lipinski definition) is 2. The lowest BCUT2D eigenvalue weighted by Gasteiger charge is -2.07. The second kappa shape index (κ2) is 5.95. The van der Waals surface area contributed by atoms with Crippen LogP contribution in [0.2, 0.25) is 0 Å². The molecule has 3 aromatic heterocycles. The van der Waals surface area contributed by atoms with Gasteiger partial charge in [-0.2, -0.15) is 0 Å². The average Bonchev–Trinajstić information content (AvgIpc) is 3.24. The predicted molar refractivity (Wildman–Crippen MR) is 94.3 cm³/mol. The number of pyridine rings is 1. The molecule has 4 nitrogen and oxygen atoms in total. The number of thiazole rings is 1. The van der Waals surface area contributed by atoms with Crippen LogP contribution in [0.4, 0.5) is 0 Å². The highest BCUT2D eigenvalue weighted by molar-refractivity contribution is 7.10. The van der Waals surface area contributed by atoms with Crippen LogP contribution in [0.1, 0.15) is 16.6 Å². The molecule has 1 atom stereocenters. The van der Waals surface area contributed by atoms with E-state index < -0.39 is 0 Å². The van der Waals surface area contributed by atoms with Crippen molar-refractivity contribution in [1.82, 2.24) is 15.0 Å². The Bertz CT molecular complexity index is 926. The van der Waals surface area contributed by atoms with Crippen LogP contribution in [0.5, 0.6) is 0 Å². The highest BCUT2D eigenvalue weighted by Crippen LogP contribution is 2.27. The molecule has 0 fully saturated rings. The summed E-state index contributed by atoms with van der Waals surface area (Å²) in [6.45, 7) is 0. The molecule has 0 spiro atoms. The second-order valence-electron chi connectivity index (χ2n) is 5.46. The van der Waals surface area contributed by atoms with E-state index in [-0.39, 0.29) is 6.04 Å². The maximum absolute atomic E-state index is 6.38. The van der Waals surface area contributed by atoms with E-state index in [1.807, 2.05) is 41.9 Å². The van der Waals surface area contributed by atoms with Crippen molar-refractivity contribution in [3.63, 3.8) is 0 Å². The Morgan fingerprint density at radius 3 is 2.83 bits per heavy atom. The summed E-state index contributed by atoms with van der Waals surface area (Å²) < 4.78 is 0. The van der Waals surface area contributed by atoms with Gasteiger partial charge < -0.3 is 10.7 Å². The Hall–Kier alpha value is -2.50. The standard InChI is InChI=1S/C18H16N4S/c19-14(9-12-10-21-15-6-2-1-5-13(12)15)18-22-17(11-23-18)16-7-3-4-8-20-16/h1-8,10-11,14,21H,9,19H2/t14-/m1/s1. The van der Waals surface area contributed by atoms with Crippen molar-refractivity contribution in [2.75, 3.05) is 0 Å². The van der Waals surface area contributed by atoms with Gasteiger partial charge in [-0.3, -0.25) is 4.98 Å². The van der Waals surface area contributed by atoms with Crippen molar-refractivity contribution in [2.45, 2.75) is 12.5 Å². The smallest absolute Gasteiger partial charge is 0.110 e. The number of benzene rings is 1. The third-order valence-corrected chi connectivity index (χ3v) is 4.86. The van der Waals surface area contributed by atoms with Gasteiger partial charge in [0.1, 0.15) is 5.01 Å². The van der Waals surface area contributed by atoms with Crippen LogP contribution in [-0.2, 0) is 6.42 Å². The lowest BCUT2D eigenvalue weighted by molar-refractivity contribution is 0.719. The fourth-order valence-corrected chi connectivity index (χ4v) is 3.53. The van der Waals surface area contributed by atoms with Crippen LogP contribution in [0.15, 0.2) is 60.2 Å². The summed E-state index contributed by atoms with van der Waals surface area (Å²) in [7, 11) is 0. The normalized spacial score (nSPS) is 12.6. The van der Waals surface area contributed by atoms with E-state index in [4.69, 9.17) is 5.73 Å². The molecule has 1 aromatic carbocycles. The first kappa shape index (κ1) is 14.1. The number of nitrogens with two attached hydrogens (primary N) is 1. The number of aromatic nitrogens is 3. The largest absolute Gasteiger partial charge is 0.361 e. The molecule has 0 aliphatic rings. The minimum absolute atomic E-state index is 0.114. The molecule has 3 heterocycles. The Morgan fingerprint density at radius 2 is 1.96 bits per heavy atom.